The lowest BCUT2D eigenvalue weighted by atomic mass is 9.97. The molecule has 2 N–H and O–H groups in total. The number of urea groups is 1. The lowest BCUT2D eigenvalue weighted by Gasteiger charge is -2.20. The first-order valence-corrected chi connectivity index (χ1v) is 7.60. The van der Waals surface area contributed by atoms with E-state index in [4.69, 9.17) is 0 Å². The van der Waals surface area contributed by atoms with Crippen molar-refractivity contribution in [3.05, 3.63) is 66.6 Å². The third-order valence-electron chi connectivity index (χ3n) is 4.21. The number of aromatic nitrogens is 2. The van der Waals surface area contributed by atoms with E-state index in [2.05, 4.69) is 44.9 Å². The van der Waals surface area contributed by atoms with E-state index in [9.17, 15) is 4.79 Å². The zero-order valence-electron chi connectivity index (χ0n) is 12.5. The number of hydrogen-bond acceptors (Lipinski definition) is 3. The summed E-state index contributed by atoms with van der Waals surface area (Å²) in [7, 11) is 0. The highest BCUT2D eigenvalue weighted by Gasteiger charge is 2.46. The van der Waals surface area contributed by atoms with Gasteiger partial charge in [-0.15, -0.1) is 0 Å². The number of nitrogens with zero attached hydrogens (tertiary/aromatic N) is 2. The SMILES string of the molecule is O=C(Nc1cnccn1)NC1(c2cccc3ccccc23)CC1. The van der Waals surface area contributed by atoms with Crippen molar-refractivity contribution in [1.29, 1.82) is 0 Å². The van der Waals surface area contributed by atoms with Crippen molar-refractivity contribution in [3.63, 3.8) is 0 Å². The van der Waals surface area contributed by atoms with E-state index in [1.54, 1.807) is 12.4 Å². The molecule has 0 radical (unpaired) electrons. The second-order valence-electron chi connectivity index (χ2n) is 5.78. The Balaban J connectivity index is 1.59. The average Bonchev–Trinajstić information content (AvgIpc) is 3.35. The molecule has 2 amide bonds. The Bertz CT molecular complexity index is 854. The van der Waals surface area contributed by atoms with Crippen LogP contribution in [-0.2, 0) is 5.54 Å². The van der Waals surface area contributed by atoms with Gasteiger partial charge in [-0.2, -0.15) is 0 Å². The highest BCUT2D eigenvalue weighted by Crippen LogP contribution is 2.47. The topological polar surface area (TPSA) is 66.9 Å². The number of rotatable bonds is 3. The van der Waals surface area contributed by atoms with Gasteiger partial charge in [-0.3, -0.25) is 10.3 Å². The molecule has 1 fully saturated rings. The van der Waals surface area contributed by atoms with E-state index in [0.717, 1.165) is 12.8 Å². The fourth-order valence-corrected chi connectivity index (χ4v) is 2.96. The zero-order valence-corrected chi connectivity index (χ0v) is 12.5. The van der Waals surface area contributed by atoms with Crippen LogP contribution in [0.15, 0.2) is 61.1 Å². The maximum absolute atomic E-state index is 12.3. The summed E-state index contributed by atoms with van der Waals surface area (Å²) in [4.78, 5) is 20.3. The third kappa shape index (κ3) is 2.61. The van der Waals surface area contributed by atoms with Gasteiger partial charge in [0.05, 0.1) is 11.7 Å². The van der Waals surface area contributed by atoms with E-state index < -0.39 is 0 Å². The third-order valence-corrected chi connectivity index (χ3v) is 4.21. The maximum Gasteiger partial charge on any atom is 0.321 e. The van der Waals surface area contributed by atoms with Crippen LogP contribution >= 0.6 is 0 Å². The molecule has 1 saturated carbocycles. The first kappa shape index (κ1) is 13.7. The Morgan fingerprint density at radius 3 is 2.65 bits per heavy atom. The van der Waals surface area contributed by atoms with Crippen LogP contribution in [0.2, 0.25) is 0 Å². The Morgan fingerprint density at radius 2 is 1.87 bits per heavy atom. The molecule has 114 valence electrons. The zero-order chi connectivity index (χ0) is 15.7. The van der Waals surface area contributed by atoms with Crippen LogP contribution in [0.5, 0.6) is 0 Å². The van der Waals surface area contributed by atoms with Gasteiger partial charge in [0.15, 0.2) is 5.82 Å². The molecule has 1 heterocycles. The standard InChI is InChI=1S/C18H16N4O/c23-17(21-16-12-19-10-11-20-16)22-18(8-9-18)15-7-3-5-13-4-1-2-6-14(13)15/h1-7,10-12H,8-9H2,(H2,20,21,22,23). The van der Waals surface area contributed by atoms with Gasteiger partial charge in [0.2, 0.25) is 0 Å². The van der Waals surface area contributed by atoms with Crippen LogP contribution < -0.4 is 10.6 Å². The smallest absolute Gasteiger partial charge is 0.321 e. The number of carbonyl (C=O) groups is 1. The lowest BCUT2D eigenvalue weighted by molar-refractivity contribution is 0.247. The Kier molecular flexibility index (Phi) is 3.19. The summed E-state index contributed by atoms with van der Waals surface area (Å²) >= 11 is 0. The molecule has 5 heteroatoms. The highest BCUT2D eigenvalue weighted by atomic mass is 16.2. The summed E-state index contributed by atoms with van der Waals surface area (Å²) in [6, 6.07) is 14.2. The van der Waals surface area contributed by atoms with Gasteiger partial charge in [-0.25, -0.2) is 9.78 Å². The predicted molar refractivity (Wildman–Crippen MR) is 89.0 cm³/mol. The molecule has 0 bridgehead atoms. The maximum atomic E-state index is 12.3. The van der Waals surface area contributed by atoms with Crippen molar-refractivity contribution < 1.29 is 4.79 Å². The Hall–Kier alpha value is -2.95. The van der Waals surface area contributed by atoms with Gasteiger partial charge < -0.3 is 5.32 Å². The van der Waals surface area contributed by atoms with Crippen LogP contribution in [0.1, 0.15) is 18.4 Å². The summed E-state index contributed by atoms with van der Waals surface area (Å²) in [6.07, 6.45) is 6.52. The van der Waals surface area contributed by atoms with E-state index in [1.165, 1.54) is 22.5 Å². The molecule has 0 unspecified atom stereocenters. The summed E-state index contributed by atoms with van der Waals surface area (Å²) in [5.41, 5.74) is 0.887. The number of hydrogen-bond donors (Lipinski definition) is 2. The summed E-state index contributed by atoms with van der Waals surface area (Å²) < 4.78 is 0. The number of anilines is 1. The van der Waals surface area contributed by atoms with E-state index in [-0.39, 0.29) is 11.6 Å². The molecule has 1 aliphatic rings. The van der Waals surface area contributed by atoms with E-state index >= 15 is 0 Å². The molecule has 2 aromatic carbocycles. The van der Waals surface area contributed by atoms with Gasteiger partial charge in [-0.05, 0) is 29.2 Å². The second-order valence-corrected chi connectivity index (χ2v) is 5.78. The van der Waals surface area contributed by atoms with Gasteiger partial charge in [0.1, 0.15) is 0 Å². The Morgan fingerprint density at radius 1 is 1.04 bits per heavy atom. The fraction of sp³-hybridized carbons (Fsp3) is 0.167. The summed E-state index contributed by atoms with van der Waals surface area (Å²) in [6.45, 7) is 0. The first-order chi connectivity index (χ1) is 11.3. The quantitative estimate of drug-likeness (QED) is 0.779. The van der Waals surface area contributed by atoms with Crippen LogP contribution in [0, 0.1) is 0 Å². The molecule has 3 aromatic rings. The summed E-state index contributed by atoms with van der Waals surface area (Å²) in [5, 5.41) is 8.21. The minimum absolute atomic E-state index is 0.254. The van der Waals surface area contributed by atoms with Gasteiger partial charge in [0.25, 0.3) is 0 Å². The Labute approximate surface area is 133 Å². The van der Waals surface area contributed by atoms with Crippen molar-refractivity contribution in [1.82, 2.24) is 15.3 Å². The van der Waals surface area contributed by atoms with Crippen LogP contribution in [0.4, 0.5) is 10.6 Å². The van der Waals surface area contributed by atoms with Crippen molar-refractivity contribution in [2.75, 3.05) is 5.32 Å². The number of benzene rings is 2. The minimum Gasteiger partial charge on any atom is -0.328 e. The molecule has 0 spiro atoms. The number of carbonyl (C=O) groups excluding carboxylic acids is 1. The molecule has 0 aliphatic heterocycles. The minimum atomic E-state index is -0.285. The molecular weight excluding hydrogens is 288 g/mol. The van der Waals surface area contributed by atoms with Gasteiger partial charge >= 0.3 is 6.03 Å². The van der Waals surface area contributed by atoms with Crippen molar-refractivity contribution in [2.45, 2.75) is 18.4 Å². The number of nitrogens with one attached hydrogen (secondary N) is 2. The van der Waals surface area contributed by atoms with E-state index in [0.29, 0.717) is 5.82 Å². The molecule has 5 nitrogen and oxygen atoms in total. The molecule has 4 rings (SSSR count). The van der Waals surface area contributed by atoms with Crippen LogP contribution in [-0.4, -0.2) is 16.0 Å². The monoisotopic (exact) mass is 304 g/mol. The molecule has 23 heavy (non-hydrogen) atoms. The number of fused-ring (bicyclic) bond motifs is 1. The van der Waals surface area contributed by atoms with Crippen molar-refractivity contribution in [3.8, 4) is 0 Å². The number of amides is 2. The van der Waals surface area contributed by atoms with Crippen LogP contribution in [0.3, 0.4) is 0 Å². The highest BCUT2D eigenvalue weighted by molar-refractivity contribution is 5.91. The molecule has 0 atom stereocenters. The normalized spacial score (nSPS) is 15.1. The van der Waals surface area contributed by atoms with Crippen molar-refractivity contribution >= 4 is 22.6 Å². The molecule has 1 aromatic heterocycles. The van der Waals surface area contributed by atoms with Crippen molar-refractivity contribution in [2.24, 2.45) is 0 Å². The predicted octanol–water partition coefficient (Wildman–Crippen LogP) is 3.44. The van der Waals surface area contributed by atoms with Crippen LogP contribution in [0.25, 0.3) is 10.8 Å². The second kappa shape index (κ2) is 5.35. The van der Waals surface area contributed by atoms with Gasteiger partial charge in [-0.1, -0.05) is 42.5 Å². The van der Waals surface area contributed by atoms with E-state index in [1.807, 2.05) is 18.2 Å². The molecular formula is C18H16N4O. The molecule has 1 aliphatic carbocycles. The summed E-state index contributed by atoms with van der Waals surface area (Å²) in [5.74, 6) is 0.443. The van der Waals surface area contributed by atoms with Gasteiger partial charge in [0, 0.05) is 12.4 Å². The lowest BCUT2D eigenvalue weighted by Crippen LogP contribution is -2.38. The average molecular weight is 304 g/mol. The molecule has 0 saturated heterocycles. The first-order valence-electron chi connectivity index (χ1n) is 7.60. The largest absolute Gasteiger partial charge is 0.328 e. The fourth-order valence-electron chi connectivity index (χ4n) is 2.96.